The van der Waals surface area contributed by atoms with Crippen LogP contribution in [-0.4, -0.2) is 67.2 Å². The number of Topliss-reactive ketones (excluding diaryl/α,β-unsaturated/α-hetero) is 1. The zero-order valence-corrected chi connectivity index (χ0v) is 77.5. The number of ether oxygens (including phenoxy) is 2. The van der Waals surface area contributed by atoms with E-state index in [1.165, 1.54) is 0 Å². The topological polar surface area (TPSA) is 244 Å². The number of alkyl halides is 1. The second-order valence-corrected chi connectivity index (χ2v) is 33.6. The van der Waals surface area contributed by atoms with Gasteiger partial charge in [-0.05, 0) is 147 Å². The van der Waals surface area contributed by atoms with Crippen LogP contribution in [0.1, 0.15) is 20.7 Å². The normalized spacial score (nSPS) is 11.2. The summed E-state index contributed by atoms with van der Waals surface area (Å²) in [4.78, 5) is 48.6. The molecular formula is C106H77BBr5N14O5. The molecule has 25 heteroatoms. The van der Waals surface area contributed by atoms with Crippen molar-refractivity contribution in [1.29, 1.82) is 0 Å². The highest BCUT2D eigenvalue weighted by Crippen LogP contribution is 2.51. The molecule has 2 aliphatic heterocycles. The maximum absolute atomic E-state index is 12.1. The Labute approximate surface area is 799 Å². The van der Waals surface area contributed by atoms with Crippen LogP contribution in [0.25, 0.3) is 90.0 Å². The van der Waals surface area contributed by atoms with Gasteiger partial charge in [-0.2, -0.15) is 0 Å². The smallest absolute Gasteiger partial charge is 0.537 e. The fourth-order valence-corrected chi connectivity index (χ4v) is 15.6. The van der Waals surface area contributed by atoms with Gasteiger partial charge in [-0.1, -0.05) is 331 Å². The Morgan fingerprint density at radius 1 is 0.351 bits per heavy atom. The summed E-state index contributed by atoms with van der Waals surface area (Å²) in [5.41, 5.74) is 32.0. The number of nitrogens with two attached hydrogens (primary N) is 2. The fourth-order valence-electron chi connectivity index (χ4n) is 14.1. The molecular weight excluding hydrogens is 1960 g/mol. The number of carbonyl (C=O) groups excluding carboxylic acids is 1. The third-order valence-electron chi connectivity index (χ3n) is 20.4. The molecule has 0 saturated carbocycles. The van der Waals surface area contributed by atoms with Crippen LogP contribution >= 0.6 is 79.6 Å². The van der Waals surface area contributed by atoms with Gasteiger partial charge in [0.1, 0.15) is 10.6 Å². The van der Waals surface area contributed by atoms with Crippen LogP contribution in [0.5, 0.6) is 28.7 Å². The quantitative estimate of drug-likeness (QED) is 0.0476. The fraction of sp³-hybridized carbons (Fsp3) is 0.00943. The number of halogens is 5. The Kier molecular flexibility index (Phi) is 29.9. The molecule has 1 atom stereocenters. The van der Waals surface area contributed by atoms with Crippen LogP contribution < -0.4 is 35.8 Å². The number of rotatable bonds is 13. The number of hydrogen-bond acceptors (Lipinski definition) is 17. The van der Waals surface area contributed by atoms with Crippen LogP contribution in [0.3, 0.4) is 0 Å². The molecule has 6 aromatic heterocycles. The van der Waals surface area contributed by atoms with Crippen molar-refractivity contribution in [3.63, 3.8) is 0 Å². The van der Waals surface area contributed by atoms with Crippen LogP contribution in [-0.2, 0) is 0 Å². The lowest BCUT2D eigenvalue weighted by Crippen LogP contribution is -2.15. The average Bonchev–Trinajstić information content (AvgIpc) is 1.45. The van der Waals surface area contributed by atoms with Crippen molar-refractivity contribution in [2.75, 3.05) is 21.7 Å². The Hall–Kier alpha value is -14.8. The summed E-state index contributed by atoms with van der Waals surface area (Å²) in [6.07, 6.45) is 14.7. The van der Waals surface area contributed by atoms with E-state index in [-0.39, 0.29) is 10.6 Å². The summed E-state index contributed by atoms with van der Waals surface area (Å²) in [5, 5.41) is 11.5. The molecule has 2 aliphatic rings. The lowest BCUT2D eigenvalue weighted by atomic mass is 10.0. The molecule has 8 heterocycles. The van der Waals surface area contributed by atoms with E-state index in [0.717, 1.165) is 159 Å². The summed E-state index contributed by atoms with van der Waals surface area (Å²) < 4.78 is 24.7. The molecule has 131 heavy (non-hydrogen) atoms. The van der Waals surface area contributed by atoms with E-state index in [4.69, 9.17) is 40.9 Å². The highest BCUT2D eigenvalue weighted by Gasteiger charge is 2.27. The molecule has 1 unspecified atom stereocenters. The second kappa shape index (κ2) is 43.8. The minimum Gasteiger partial charge on any atom is -0.537 e. The van der Waals surface area contributed by atoms with Crippen LogP contribution in [0.15, 0.2) is 444 Å². The number of aromatic nitrogens is 10. The first-order chi connectivity index (χ1) is 64.2. The zero-order valence-electron chi connectivity index (χ0n) is 69.6. The number of hydrogen-bond donors (Lipinski definition) is 4. The molecule has 22 rings (SSSR count). The maximum atomic E-state index is 12.1. The Balaban J connectivity index is 0.000000121. The van der Waals surface area contributed by atoms with Crippen LogP contribution in [0.2, 0.25) is 0 Å². The first-order valence-corrected chi connectivity index (χ1v) is 45.2. The maximum Gasteiger partial charge on any atom is 0.569 e. The van der Waals surface area contributed by atoms with E-state index in [1.807, 2.05) is 255 Å². The molecule has 0 spiro atoms. The first-order valence-electron chi connectivity index (χ1n) is 41.1. The van der Waals surface area contributed by atoms with E-state index in [1.54, 1.807) is 36.9 Å². The summed E-state index contributed by atoms with van der Waals surface area (Å²) in [7, 11) is 0.656. The number of imidazole rings is 2. The third-order valence-corrected chi connectivity index (χ3v) is 23.3. The molecule has 0 bridgehead atoms. The summed E-state index contributed by atoms with van der Waals surface area (Å²) in [6, 6.07) is 124. The molecule has 6 N–H and O–H groups in total. The summed E-state index contributed by atoms with van der Waals surface area (Å²) in [6.45, 7) is 0. The number of para-hydroxylation sites is 8. The Bertz CT molecular complexity index is 6970. The number of carbonyl (C=O) groups is 1. The Morgan fingerprint density at radius 3 is 1.12 bits per heavy atom. The van der Waals surface area contributed by atoms with E-state index in [0.29, 0.717) is 36.9 Å². The predicted octanol–water partition coefficient (Wildman–Crippen LogP) is 28.0. The molecule has 0 fully saturated rings. The lowest BCUT2D eigenvalue weighted by molar-refractivity contribution is 0.0991. The van der Waals surface area contributed by atoms with E-state index in [2.05, 4.69) is 262 Å². The zero-order chi connectivity index (χ0) is 90.2. The molecule has 1 radical (unpaired) electrons. The summed E-state index contributed by atoms with van der Waals surface area (Å²) in [5.74, 6) is 6.11. The van der Waals surface area contributed by atoms with Gasteiger partial charge in [-0.3, -0.25) is 13.6 Å². The molecule has 0 aliphatic carbocycles. The van der Waals surface area contributed by atoms with Gasteiger partial charge in [0.05, 0.1) is 50.0 Å². The highest BCUT2D eigenvalue weighted by molar-refractivity contribution is 9.11. The van der Waals surface area contributed by atoms with Gasteiger partial charge in [0, 0.05) is 113 Å². The second-order valence-electron chi connectivity index (χ2n) is 29.0. The number of benzene rings is 14. The van der Waals surface area contributed by atoms with E-state index < -0.39 is 0 Å². The summed E-state index contributed by atoms with van der Waals surface area (Å²) >= 11 is 16.7. The minimum absolute atomic E-state index is 0.0896. The van der Waals surface area contributed by atoms with Crippen LogP contribution in [0, 0.1) is 0 Å². The number of fused-ring (bicyclic) bond motifs is 6. The Morgan fingerprint density at radius 2 is 0.695 bits per heavy atom. The van der Waals surface area contributed by atoms with Gasteiger partial charge in [-0.25, -0.2) is 39.9 Å². The SMILES string of the molecule is Brc1ccc(-c2cnc3nc(-c4ccccc4)c(-c4ccccc4)n3c2)cc1.Nc1ncc(-c2ccc(Br)cc2)cn1.Nc1ncc(Br)cn1.O=C(c1ccccc1)C(Br)c1ccccc1.O[B]Oc1ccc(Br)cc1.c1ccc(-c2nc3ncc(-c4ccc(N5c6ccccc6Oc6ccccc65)cc4)cn3c2-c2ccccc2)cc1.c1ccc2c(c1)Nc1ccccc1O2. The number of ketones is 1. The molecule has 0 amide bonds. The average molecular weight is 2040 g/mol. The van der Waals surface area contributed by atoms with Crippen molar-refractivity contribution >= 4 is 145 Å². The minimum atomic E-state index is -0.268. The molecule has 20 aromatic rings. The van der Waals surface area contributed by atoms with E-state index >= 15 is 0 Å². The lowest BCUT2D eigenvalue weighted by Gasteiger charge is -2.32. The van der Waals surface area contributed by atoms with Crippen molar-refractivity contribution < 1.29 is 23.9 Å². The highest BCUT2D eigenvalue weighted by atomic mass is 79.9. The number of nitrogen functional groups attached to an aromatic ring is 2. The predicted molar refractivity (Wildman–Crippen MR) is 543 cm³/mol. The van der Waals surface area contributed by atoms with E-state index in [9.17, 15) is 4.79 Å². The molecule has 639 valence electrons. The van der Waals surface area contributed by atoms with Crippen molar-refractivity contribution in [1.82, 2.24) is 48.7 Å². The van der Waals surface area contributed by atoms with Gasteiger partial charge in [0.15, 0.2) is 28.8 Å². The number of nitrogens with zero attached hydrogens (tertiary/aromatic N) is 11. The standard InChI is InChI=1S/C36H24N4O.C24H16BrN3.C14H11BrO.C12H9NO.C10H8BrN3.C6H5BBrO2.C4H4BrN3/c1-3-11-26(12-4-1)34-35(27-13-5-2-6-14-27)39-24-28(23-37-36(39)38-34)25-19-21-29(22-20-25)40-30-15-7-9-17-32(30)41-33-18-10-8-16-31(33)40;25-21-13-11-17(12-14-21)20-15-26-24-27-22(18-7-3-1-4-8-18)23(28(24)16-20)19-9-5-2-6-10-19;15-13(11-7-3-1-4-8-11)14(16)12-9-5-2-6-10-12;1-3-7-11-9(5-1)13-10-6-2-4-8-12(10)14-11;11-9-3-1-7(2-4-9)8-5-13-10(12)14-6-8;8-5-1-3-6(4-2-5)10-7-9;5-3-1-7-4(6)8-2-3/h1-24H;1-16H;1-10,13H;1-8,13H;1-6H,(H2,12,13,14);1-4,9H;1-2H,(H2,6,7,8). The molecule has 14 aromatic carbocycles. The largest absolute Gasteiger partial charge is 0.569 e. The molecule has 19 nitrogen and oxygen atoms in total. The first kappa shape index (κ1) is 89.6. The van der Waals surface area contributed by atoms with Gasteiger partial charge in [-0.15, -0.1) is 0 Å². The number of nitrogens with one attached hydrogen (secondary N) is 1. The van der Waals surface area contributed by atoms with Crippen molar-refractivity contribution in [2.45, 2.75) is 4.83 Å². The van der Waals surface area contributed by atoms with Crippen LogP contribution in [0.4, 0.5) is 40.3 Å². The molecule has 0 saturated heterocycles. The van der Waals surface area contributed by atoms with Gasteiger partial charge < -0.3 is 40.8 Å². The van der Waals surface area contributed by atoms with Crippen molar-refractivity contribution in [3.8, 4) is 107 Å². The monoisotopic (exact) mass is 2030 g/mol. The van der Waals surface area contributed by atoms with Crippen molar-refractivity contribution in [3.05, 3.63) is 455 Å². The number of anilines is 7. The van der Waals surface area contributed by atoms with Crippen molar-refractivity contribution in [2.24, 2.45) is 0 Å². The van der Waals surface area contributed by atoms with Gasteiger partial charge in [0.25, 0.3) is 0 Å². The van der Waals surface area contributed by atoms with Gasteiger partial charge in [0.2, 0.25) is 23.5 Å². The van der Waals surface area contributed by atoms with Gasteiger partial charge >= 0.3 is 7.69 Å². The third kappa shape index (κ3) is 22.8.